The molecule has 142 valence electrons. The Hall–Kier alpha value is -3.49. The van der Waals surface area contributed by atoms with Crippen molar-refractivity contribution < 1.29 is 28.7 Å². The lowest BCUT2D eigenvalue weighted by Crippen LogP contribution is -2.44. The molecule has 0 aliphatic rings. The highest BCUT2D eigenvalue weighted by atomic mass is 19.1. The Morgan fingerprint density at radius 3 is 2.26 bits per heavy atom. The van der Waals surface area contributed by atoms with Crippen LogP contribution in [0, 0.1) is 21.8 Å². The van der Waals surface area contributed by atoms with Crippen molar-refractivity contribution in [3.8, 4) is 11.5 Å². The number of carboxylic acids is 1. The molecule has 2 aromatic carbocycles. The molecule has 2 aromatic rings. The van der Waals surface area contributed by atoms with E-state index in [1.54, 1.807) is 13.8 Å². The summed E-state index contributed by atoms with van der Waals surface area (Å²) in [7, 11) is 0. The molecule has 1 atom stereocenters. The van der Waals surface area contributed by atoms with Gasteiger partial charge in [0.2, 0.25) is 0 Å². The normalized spacial score (nSPS) is 11.7. The summed E-state index contributed by atoms with van der Waals surface area (Å²) in [6.07, 6.45) is 0. The highest BCUT2D eigenvalue weighted by Crippen LogP contribution is 2.28. The van der Waals surface area contributed by atoms with Gasteiger partial charge >= 0.3 is 5.97 Å². The minimum atomic E-state index is -1.25. The number of ether oxygens (including phenoxy) is 1. The number of halogens is 1. The number of nitro groups is 1. The van der Waals surface area contributed by atoms with Gasteiger partial charge in [-0.2, -0.15) is 0 Å². The summed E-state index contributed by atoms with van der Waals surface area (Å²) >= 11 is 0. The summed E-state index contributed by atoms with van der Waals surface area (Å²) in [5.41, 5.74) is -0.835. The van der Waals surface area contributed by atoms with Gasteiger partial charge in [0, 0.05) is 12.1 Å². The van der Waals surface area contributed by atoms with Gasteiger partial charge in [0.15, 0.2) is 0 Å². The molecule has 0 aliphatic heterocycles. The van der Waals surface area contributed by atoms with E-state index in [1.807, 2.05) is 0 Å². The number of hydrogen-bond acceptors (Lipinski definition) is 5. The third kappa shape index (κ3) is 5.00. The second kappa shape index (κ2) is 8.26. The van der Waals surface area contributed by atoms with E-state index in [9.17, 15) is 29.2 Å². The van der Waals surface area contributed by atoms with E-state index in [-0.39, 0.29) is 17.1 Å². The first-order chi connectivity index (χ1) is 12.7. The molecular formula is C18H17FN2O6. The van der Waals surface area contributed by atoms with Gasteiger partial charge in [0.1, 0.15) is 28.9 Å². The van der Waals surface area contributed by atoms with Crippen LogP contribution in [0.3, 0.4) is 0 Å². The molecule has 0 bridgehead atoms. The van der Waals surface area contributed by atoms with Crippen molar-refractivity contribution in [3.63, 3.8) is 0 Å². The maximum atomic E-state index is 13.0. The molecule has 0 spiro atoms. The molecule has 0 unspecified atom stereocenters. The molecule has 9 heteroatoms. The van der Waals surface area contributed by atoms with Crippen molar-refractivity contribution in [2.24, 2.45) is 5.92 Å². The molecule has 0 aromatic heterocycles. The van der Waals surface area contributed by atoms with Crippen LogP contribution in [0.15, 0.2) is 42.5 Å². The quantitative estimate of drug-likeness (QED) is 0.565. The Kier molecular flexibility index (Phi) is 6.07. The van der Waals surface area contributed by atoms with Crippen LogP contribution < -0.4 is 10.1 Å². The van der Waals surface area contributed by atoms with Gasteiger partial charge in [-0.05, 0) is 36.2 Å². The summed E-state index contributed by atoms with van der Waals surface area (Å²) in [5.74, 6) is -2.67. The van der Waals surface area contributed by atoms with E-state index in [1.165, 1.54) is 30.3 Å². The zero-order valence-electron chi connectivity index (χ0n) is 14.5. The number of nitrogens with zero attached hydrogens (tertiary/aromatic N) is 1. The average molecular weight is 376 g/mol. The lowest BCUT2D eigenvalue weighted by atomic mass is 10.0. The first kappa shape index (κ1) is 19.8. The zero-order chi connectivity index (χ0) is 20.1. The first-order valence-electron chi connectivity index (χ1n) is 7.94. The third-order valence-electron chi connectivity index (χ3n) is 3.68. The second-order valence-corrected chi connectivity index (χ2v) is 6.03. The van der Waals surface area contributed by atoms with Gasteiger partial charge in [-0.1, -0.05) is 13.8 Å². The first-order valence-corrected chi connectivity index (χ1v) is 7.94. The number of nitrogens with one attached hydrogen (secondary N) is 1. The number of amides is 1. The minimum absolute atomic E-state index is 0.105. The Labute approximate surface area is 153 Å². The Morgan fingerprint density at radius 2 is 1.74 bits per heavy atom. The molecule has 27 heavy (non-hydrogen) atoms. The summed E-state index contributed by atoms with van der Waals surface area (Å²) in [4.78, 5) is 34.2. The van der Waals surface area contributed by atoms with E-state index in [0.29, 0.717) is 0 Å². The summed E-state index contributed by atoms with van der Waals surface area (Å²) in [6.45, 7) is 3.20. The summed E-state index contributed by atoms with van der Waals surface area (Å²) < 4.78 is 18.4. The van der Waals surface area contributed by atoms with Crippen LogP contribution >= 0.6 is 0 Å². The van der Waals surface area contributed by atoms with Gasteiger partial charge in [-0.15, -0.1) is 0 Å². The molecule has 0 aliphatic carbocycles. The van der Waals surface area contributed by atoms with Crippen molar-refractivity contribution in [2.75, 3.05) is 0 Å². The topological polar surface area (TPSA) is 119 Å². The second-order valence-electron chi connectivity index (χ2n) is 6.03. The predicted octanol–water partition coefficient (Wildman–Crippen LogP) is 3.37. The van der Waals surface area contributed by atoms with E-state index in [4.69, 9.17) is 4.74 Å². The van der Waals surface area contributed by atoms with Crippen molar-refractivity contribution >= 4 is 17.6 Å². The standard InChI is InChI=1S/C18H17FN2O6/c1-10(2)16(18(23)24)20-17(22)14-9-13(7-8-15(14)21(25)26)27-12-5-3-11(19)4-6-12/h3-10,16H,1-2H3,(H,20,22)(H,23,24)/t16-/m1/s1. The molecule has 0 radical (unpaired) electrons. The molecule has 1 amide bonds. The van der Waals surface area contributed by atoms with Crippen molar-refractivity contribution in [1.82, 2.24) is 5.32 Å². The molecule has 2 rings (SSSR count). The molecular weight excluding hydrogens is 359 g/mol. The Bertz CT molecular complexity index is 867. The van der Waals surface area contributed by atoms with Crippen LogP contribution in [0.2, 0.25) is 0 Å². The number of aliphatic carboxylic acids is 1. The third-order valence-corrected chi connectivity index (χ3v) is 3.68. The van der Waals surface area contributed by atoms with Crippen LogP contribution in [-0.2, 0) is 4.79 Å². The van der Waals surface area contributed by atoms with Crippen LogP contribution in [0.4, 0.5) is 10.1 Å². The van der Waals surface area contributed by atoms with Crippen molar-refractivity contribution in [1.29, 1.82) is 0 Å². The fraction of sp³-hybridized carbons (Fsp3) is 0.222. The van der Waals surface area contributed by atoms with Crippen LogP contribution in [-0.4, -0.2) is 27.9 Å². The SMILES string of the molecule is CC(C)[C@@H](NC(=O)c1cc(Oc2ccc(F)cc2)ccc1[N+](=O)[O-])C(=O)O. The number of carbonyl (C=O) groups excluding carboxylic acids is 1. The molecule has 0 heterocycles. The van der Waals surface area contributed by atoms with Crippen molar-refractivity contribution in [2.45, 2.75) is 19.9 Å². The molecule has 2 N–H and O–H groups in total. The fourth-order valence-electron chi connectivity index (χ4n) is 2.29. The van der Waals surface area contributed by atoms with Gasteiger partial charge < -0.3 is 15.2 Å². The van der Waals surface area contributed by atoms with Gasteiger partial charge in [0.05, 0.1) is 4.92 Å². The number of rotatable bonds is 7. The summed E-state index contributed by atoms with van der Waals surface area (Å²) in [5, 5.41) is 22.7. The monoisotopic (exact) mass is 376 g/mol. The maximum Gasteiger partial charge on any atom is 0.326 e. The predicted molar refractivity (Wildman–Crippen MR) is 93.3 cm³/mol. The van der Waals surface area contributed by atoms with Gasteiger partial charge in [-0.3, -0.25) is 14.9 Å². The minimum Gasteiger partial charge on any atom is -0.480 e. The number of benzene rings is 2. The largest absolute Gasteiger partial charge is 0.480 e. The number of hydrogen-bond donors (Lipinski definition) is 2. The number of carboxylic acid groups (broad SMARTS) is 1. The van der Waals surface area contributed by atoms with Crippen LogP contribution in [0.5, 0.6) is 11.5 Å². The van der Waals surface area contributed by atoms with E-state index >= 15 is 0 Å². The molecule has 0 saturated heterocycles. The molecule has 0 fully saturated rings. The summed E-state index contributed by atoms with van der Waals surface area (Å²) in [6, 6.07) is 7.36. The van der Waals surface area contributed by atoms with E-state index in [0.717, 1.165) is 12.1 Å². The van der Waals surface area contributed by atoms with Crippen molar-refractivity contribution in [3.05, 3.63) is 64.0 Å². The lowest BCUT2D eigenvalue weighted by Gasteiger charge is -2.18. The van der Waals surface area contributed by atoms with Crippen LogP contribution in [0.25, 0.3) is 0 Å². The molecule has 0 saturated carbocycles. The smallest absolute Gasteiger partial charge is 0.326 e. The highest BCUT2D eigenvalue weighted by Gasteiger charge is 2.28. The van der Waals surface area contributed by atoms with E-state index in [2.05, 4.69) is 5.32 Å². The van der Waals surface area contributed by atoms with Gasteiger partial charge in [0.25, 0.3) is 11.6 Å². The fourth-order valence-corrected chi connectivity index (χ4v) is 2.29. The highest BCUT2D eigenvalue weighted by molar-refractivity contribution is 6.00. The zero-order valence-corrected chi connectivity index (χ0v) is 14.5. The Morgan fingerprint density at radius 1 is 1.15 bits per heavy atom. The molecule has 8 nitrogen and oxygen atoms in total. The van der Waals surface area contributed by atoms with Gasteiger partial charge in [-0.25, -0.2) is 9.18 Å². The lowest BCUT2D eigenvalue weighted by molar-refractivity contribution is -0.385. The number of nitro benzene ring substituents is 1. The maximum absolute atomic E-state index is 13.0. The van der Waals surface area contributed by atoms with Crippen LogP contribution in [0.1, 0.15) is 24.2 Å². The average Bonchev–Trinajstić information content (AvgIpc) is 2.60. The Balaban J connectivity index is 2.34. The van der Waals surface area contributed by atoms with E-state index < -0.39 is 40.3 Å². The number of carbonyl (C=O) groups is 2.